The van der Waals surface area contributed by atoms with Gasteiger partial charge in [-0.25, -0.2) is 4.68 Å². The first-order chi connectivity index (χ1) is 13.3. The number of piperidine rings is 1. The number of hydrogen-bond donors (Lipinski definition) is 0. The highest BCUT2D eigenvalue weighted by molar-refractivity contribution is 5.92. The fourth-order valence-electron chi connectivity index (χ4n) is 3.81. The smallest absolute Gasteiger partial charge is 0.274 e. The average Bonchev–Trinajstić information content (AvgIpc) is 3.17. The summed E-state index contributed by atoms with van der Waals surface area (Å²) < 4.78 is 1.71. The van der Waals surface area contributed by atoms with Crippen LogP contribution in [0.15, 0.2) is 66.9 Å². The Morgan fingerprint density at radius 1 is 0.963 bits per heavy atom. The van der Waals surface area contributed by atoms with E-state index in [0.717, 1.165) is 31.4 Å². The number of carbonyl (C=O) groups excluding carboxylic acids is 1. The first kappa shape index (κ1) is 17.5. The zero-order valence-corrected chi connectivity index (χ0v) is 15.4. The van der Waals surface area contributed by atoms with Crippen LogP contribution in [0.4, 0.5) is 0 Å². The van der Waals surface area contributed by atoms with Crippen LogP contribution >= 0.6 is 0 Å². The molecular formula is C22H24N4O. The Bertz CT molecular complexity index is 876. The molecule has 1 fully saturated rings. The first-order valence-corrected chi connectivity index (χ1v) is 9.58. The third kappa shape index (κ3) is 4.08. The van der Waals surface area contributed by atoms with E-state index in [-0.39, 0.29) is 11.9 Å². The predicted molar refractivity (Wildman–Crippen MR) is 104 cm³/mol. The maximum absolute atomic E-state index is 13.3. The normalized spacial score (nSPS) is 17.0. The monoisotopic (exact) mass is 360 g/mol. The van der Waals surface area contributed by atoms with Gasteiger partial charge in [0.25, 0.3) is 5.91 Å². The van der Waals surface area contributed by atoms with Gasteiger partial charge in [0.1, 0.15) is 5.69 Å². The first-order valence-electron chi connectivity index (χ1n) is 9.58. The summed E-state index contributed by atoms with van der Waals surface area (Å²) >= 11 is 0. The number of likely N-dealkylation sites (tertiary alicyclic amines) is 1. The minimum Gasteiger partial charge on any atom is -0.334 e. The number of aromatic nitrogens is 3. The van der Waals surface area contributed by atoms with E-state index < -0.39 is 0 Å². The number of benzene rings is 2. The molecule has 1 atom stereocenters. The lowest BCUT2D eigenvalue weighted by atomic mass is 9.95. The second-order valence-electron chi connectivity index (χ2n) is 7.10. The fraction of sp³-hybridized carbons (Fsp3) is 0.318. The van der Waals surface area contributed by atoms with Crippen molar-refractivity contribution < 1.29 is 4.79 Å². The standard InChI is InChI=1S/C22H24N4O/c27-22(21-16-23-24-26(21)17-19-11-5-2-6-12-19)25-14-8-7-13-20(25)15-18-9-3-1-4-10-18/h1-6,9-12,16,20H,7-8,13-15,17H2. The Kier molecular flexibility index (Phi) is 5.28. The molecule has 2 heterocycles. The van der Waals surface area contributed by atoms with Crippen molar-refractivity contribution in [3.8, 4) is 0 Å². The van der Waals surface area contributed by atoms with Crippen LogP contribution in [0, 0.1) is 0 Å². The minimum absolute atomic E-state index is 0.0385. The predicted octanol–water partition coefficient (Wildman–Crippen LogP) is 3.56. The third-order valence-electron chi connectivity index (χ3n) is 5.21. The molecule has 1 amide bonds. The molecule has 5 heteroatoms. The van der Waals surface area contributed by atoms with E-state index in [1.54, 1.807) is 10.9 Å². The molecule has 138 valence electrons. The molecule has 1 saturated heterocycles. The van der Waals surface area contributed by atoms with Crippen LogP contribution in [0.2, 0.25) is 0 Å². The van der Waals surface area contributed by atoms with Crippen LogP contribution in [0.5, 0.6) is 0 Å². The largest absolute Gasteiger partial charge is 0.334 e. The van der Waals surface area contributed by atoms with Gasteiger partial charge in [-0.1, -0.05) is 65.9 Å². The quantitative estimate of drug-likeness (QED) is 0.699. The molecule has 3 aromatic rings. The van der Waals surface area contributed by atoms with Crippen molar-refractivity contribution in [2.45, 2.75) is 38.3 Å². The van der Waals surface area contributed by atoms with Crippen molar-refractivity contribution in [3.63, 3.8) is 0 Å². The van der Waals surface area contributed by atoms with Gasteiger partial charge in [0, 0.05) is 12.6 Å². The van der Waals surface area contributed by atoms with Crippen molar-refractivity contribution in [3.05, 3.63) is 83.7 Å². The SMILES string of the molecule is O=C(c1cnnn1Cc1ccccc1)N1CCCCC1Cc1ccccc1. The Morgan fingerprint density at radius 2 is 1.67 bits per heavy atom. The van der Waals surface area contributed by atoms with E-state index >= 15 is 0 Å². The maximum atomic E-state index is 13.3. The van der Waals surface area contributed by atoms with Gasteiger partial charge in [0.15, 0.2) is 0 Å². The van der Waals surface area contributed by atoms with Gasteiger partial charge in [0.05, 0.1) is 12.7 Å². The third-order valence-corrected chi connectivity index (χ3v) is 5.21. The lowest BCUT2D eigenvalue weighted by Crippen LogP contribution is -2.45. The molecule has 0 saturated carbocycles. The number of rotatable bonds is 5. The van der Waals surface area contributed by atoms with E-state index in [9.17, 15) is 4.79 Å². The summed E-state index contributed by atoms with van der Waals surface area (Å²) in [6.45, 7) is 1.35. The fourth-order valence-corrected chi connectivity index (χ4v) is 3.81. The molecule has 1 unspecified atom stereocenters. The van der Waals surface area contributed by atoms with E-state index in [1.807, 2.05) is 41.3 Å². The summed E-state index contributed by atoms with van der Waals surface area (Å²) in [6.07, 6.45) is 5.76. The Morgan fingerprint density at radius 3 is 2.41 bits per heavy atom. The van der Waals surface area contributed by atoms with Gasteiger partial charge >= 0.3 is 0 Å². The topological polar surface area (TPSA) is 51.0 Å². The van der Waals surface area contributed by atoms with Crippen molar-refractivity contribution in [1.82, 2.24) is 19.9 Å². The zero-order valence-electron chi connectivity index (χ0n) is 15.4. The molecule has 5 nitrogen and oxygen atoms in total. The van der Waals surface area contributed by atoms with Crippen molar-refractivity contribution in [2.24, 2.45) is 0 Å². The van der Waals surface area contributed by atoms with Crippen molar-refractivity contribution in [1.29, 1.82) is 0 Å². The van der Waals surface area contributed by atoms with E-state index in [4.69, 9.17) is 0 Å². The highest BCUT2D eigenvalue weighted by atomic mass is 16.2. The summed E-state index contributed by atoms with van der Waals surface area (Å²) in [5.74, 6) is 0.0385. The summed E-state index contributed by atoms with van der Waals surface area (Å²) in [5.41, 5.74) is 2.95. The molecular weight excluding hydrogens is 336 g/mol. The number of carbonyl (C=O) groups is 1. The molecule has 4 rings (SSSR count). The van der Waals surface area contributed by atoms with Gasteiger partial charge in [-0.05, 0) is 36.8 Å². The van der Waals surface area contributed by atoms with Crippen LogP contribution < -0.4 is 0 Å². The zero-order chi connectivity index (χ0) is 18.5. The Hall–Kier alpha value is -2.95. The second kappa shape index (κ2) is 8.16. The van der Waals surface area contributed by atoms with Crippen LogP contribution in [0.3, 0.4) is 0 Å². The second-order valence-corrected chi connectivity index (χ2v) is 7.10. The van der Waals surface area contributed by atoms with E-state index in [0.29, 0.717) is 12.2 Å². The highest BCUT2D eigenvalue weighted by Crippen LogP contribution is 2.23. The van der Waals surface area contributed by atoms with Crippen LogP contribution in [0.25, 0.3) is 0 Å². The number of nitrogens with zero attached hydrogens (tertiary/aromatic N) is 4. The highest BCUT2D eigenvalue weighted by Gasteiger charge is 2.29. The molecule has 1 aliphatic rings. The van der Waals surface area contributed by atoms with Crippen molar-refractivity contribution >= 4 is 5.91 Å². The molecule has 0 aliphatic carbocycles. The molecule has 27 heavy (non-hydrogen) atoms. The molecule has 0 bridgehead atoms. The van der Waals surface area contributed by atoms with Crippen molar-refractivity contribution in [2.75, 3.05) is 6.54 Å². The molecule has 1 aromatic heterocycles. The lowest BCUT2D eigenvalue weighted by molar-refractivity contribution is 0.0601. The summed E-state index contributed by atoms with van der Waals surface area (Å²) in [5, 5.41) is 8.16. The summed E-state index contributed by atoms with van der Waals surface area (Å²) in [7, 11) is 0. The number of amides is 1. The number of hydrogen-bond acceptors (Lipinski definition) is 3. The van der Waals surface area contributed by atoms with Crippen LogP contribution in [-0.2, 0) is 13.0 Å². The summed E-state index contributed by atoms with van der Waals surface area (Å²) in [4.78, 5) is 15.3. The minimum atomic E-state index is 0.0385. The van der Waals surface area contributed by atoms with Gasteiger partial charge in [-0.15, -0.1) is 5.10 Å². The Balaban J connectivity index is 1.53. The average molecular weight is 360 g/mol. The van der Waals surface area contributed by atoms with E-state index in [1.165, 1.54) is 12.0 Å². The molecule has 1 aliphatic heterocycles. The van der Waals surface area contributed by atoms with Gasteiger partial charge in [0.2, 0.25) is 0 Å². The van der Waals surface area contributed by atoms with E-state index in [2.05, 4.69) is 34.6 Å². The molecule has 0 spiro atoms. The molecule has 2 aromatic carbocycles. The van der Waals surface area contributed by atoms with Gasteiger partial charge < -0.3 is 4.90 Å². The maximum Gasteiger partial charge on any atom is 0.274 e. The Labute approximate surface area is 159 Å². The van der Waals surface area contributed by atoms with Gasteiger partial charge in [-0.3, -0.25) is 4.79 Å². The van der Waals surface area contributed by atoms with Crippen LogP contribution in [0.1, 0.15) is 40.9 Å². The lowest BCUT2D eigenvalue weighted by Gasteiger charge is -2.36. The summed E-state index contributed by atoms with van der Waals surface area (Å²) in [6, 6.07) is 20.7. The van der Waals surface area contributed by atoms with Gasteiger partial charge in [-0.2, -0.15) is 0 Å². The molecule has 0 radical (unpaired) electrons. The van der Waals surface area contributed by atoms with Crippen LogP contribution in [-0.4, -0.2) is 38.4 Å². The molecule has 0 N–H and O–H groups in total.